The van der Waals surface area contributed by atoms with Crippen molar-refractivity contribution in [3.05, 3.63) is 0 Å². The van der Waals surface area contributed by atoms with E-state index in [9.17, 15) is 15.2 Å². The summed E-state index contributed by atoms with van der Waals surface area (Å²) in [6, 6.07) is 2.24. The van der Waals surface area contributed by atoms with E-state index in [0.717, 1.165) is 52.2 Å². The van der Waals surface area contributed by atoms with Crippen molar-refractivity contribution in [3.8, 4) is 6.07 Å². The van der Waals surface area contributed by atoms with Gasteiger partial charge in [-0.15, -0.1) is 0 Å². The monoisotopic (exact) mass is 324 g/mol. The quantitative estimate of drug-likeness (QED) is 0.590. The van der Waals surface area contributed by atoms with Gasteiger partial charge in [0.1, 0.15) is 5.54 Å². The molecule has 0 radical (unpaired) electrons. The summed E-state index contributed by atoms with van der Waals surface area (Å²) in [6.07, 6.45) is 2.00. The number of hydrogen-bond donors (Lipinski definition) is 2. The number of hydrogen-bond acceptors (Lipinski definition) is 6. The van der Waals surface area contributed by atoms with Crippen LogP contribution < -0.4 is 5.32 Å². The van der Waals surface area contributed by atoms with Gasteiger partial charge in [0.15, 0.2) is 0 Å². The Morgan fingerprint density at radius 2 is 2.13 bits per heavy atom. The van der Waals surface area contributed by atoms with Crippen molar-refractivity contribution in [1.29, 1.82) is 5.26 Å². The zero-order chi connectivity index (χ0) is 16.7. The molecular weight excluding hydrogens is 296 g/mol. The highest BCUT2D eigenvalue weighted by molar-refractivity contribution is 5.79. The minimum atomic E-state index is -0.758. The highest BCUT2D eigenvalue weighted by Gasteiger charge is 2.43. The molecule has 7 heteroatoms. The van der Waals surface area contributed by atoms with E-state index in [1.54, 1.807) is 6.92 Å². The molecule has 0 bridgehead atoms. The third-order valence-corrected chi connectivity index (χ3v) is 4.64. The van der Waals surface area contributed by atoms with Gasteiger partial charge in [-0.2, -0.15) is 5.26 Å². The van der Waals surface area contributed by atoms with Gasteiger partial charge in [-0.25, -0.2) is 0 Å². The van der Waals surface area contributed by atoms with Crippen LogP contribution in [0, 0.1) is 17.2 Å². The van der Waals surface area contributed by atoms with Gasteiger partial charge in [0, 0.05) is 32.7 Å². The number of nitrogens with zero attached hydrogens (tertiary/aromatic N) is 3. The molecule has 0 aromatic carbocycles. The van der Waals surface area contributed by atoms with Crippen LogP contribution in [0.4, 0.5) is 0 Å². The van der Waals surface area contributed by atoms with E-state index in [2.05, 4.69) is 16.3 Å². The zero-order valence-corrected chi connectivity index (χ0v) is 14.0. The Labute approximate surface area is 138 Å². The molecule has 0 unspecified atom stereocenters. The Morgan fingerprint density at radius 3 is 2.70 bits per heavy atom. The van der Waals surface area contributed by atoms with E-state index in [1.807, 2.05) is 4.90 Å². The first-order valence-corrected chi connectivity index (χ1v) is 8.43. The van der Waals surface area contributed by atoms with Crippen molar-refractivity contribution in [1.82, 2.24) is 15.1 Å². The van der Waals surface area contributed by atoms with Gasteiger partial charge in [-0.1, -0.05) is 0 Å². The molecule has 0 aromatic heterocycles. The highest BCUT2D eigenvalue weighted by atomic mass is 16.5. The Hall–Kier alpha value is -1.20. The lowest BCUT2D eigenvalue weighted by molar-refractivity contribution is -0.123. The molecule has 1 saturated heterocycles. The molecule has 1 aliphatic carbocycles. The summed E-state index contributed by atoms with van der Waals surface area (Å²) in [5.41, 5.74) is -0.758. The number of amides is 1. The SMILES string of the molecule is C[C@](C#N)(NC(=O)CN(CCO)CCN1CCOCC1)C1CC1. The summed E-state index contributed by atoms with van der Waals surface area (Å²) in [5, 5.41) is 21.4. The number of nitriles is 1. The van der Waals surface area contributed by atoms with Gasteiger partial charge in [-0.05, 0) is 25.7 Å². The van der Waals surface area contributed by atoms with E-state index < -0.39 is 5.54 Å². The minimum Gasteiger partial charge on any atom is -0.395 e. The number of ether oxygens (including phenoxy) is 1. The Balaban J connectivity index is 1.78. The predicted molar refractivity (Wildman–Crippen MR) is 85.7 cm³/mol. The van der Waals surface area contributed by atoms with Gasteiger partial charge in [0.25, 0.3) is 0 Å². The number of aliphatic hydroxyl groups excluding tert-OH is 1. The number of carbonyl (C=O) groups is 1. The van der Waals surface area contributed by atoms with Crippen LogP contribution >= 0.6 is 0 Å². The number of carbonyl (C=O) groups excluding carboxylic acids is 1. The van der Waals surface area contributed by atoms with Crippen molar-refractivity contribution in [2.45, 2.75) is 25.3 Å². The summed E-state index contributed by atoms with van der Waals surface area (Å²) < 4.78 is 5.32. The molecule has 1 atom stereocenters. The summed E-state index contributed by atoms with van der Waals surface area (Å²) in [7, 11) is 0. The van der Waals surface area contributed by atoms with E-state index in [4.69, 9.17) is 4.74 Å². The number of rotatable bonds is 9. The molecule has 2 aliphatic rings. The van der Waals surface area contributed by atoms with Gasteiger partial charge < -0.3 is 15.2 Å². The fourth-order valence-corrected chi connectivity index (χ4v) is 2.93. The van der Waals surface area contributed by atoms with E-state index in [-0.39, 0.29) is 25.0 Å². The molecule has 7 nitrogen and oxygen atoms in total. The minimum absolute atomic E-state index is 0.0224. The zero-order valence-electron chi connectivity index (χ0n) is 14.0. The smallest absolute Gasteiger partial charge is 0.235 e. The lowest BCUT2D eigenvalue weighted by Crippen LogP contribution is -2.51. The summed E-state index contributed by atoms with van der Waals surface area (Å²) in [6.45, 7) is 7.40. The Kier molecular flexibility index (Phi) is 6.78. The third kappa shape index (κ3) is 5.74. The van der Waals surface area contributed by atoms with Crippen LogP contribution in [-0.4, -0.2) is 85.4 Å². The van der Waals surface area contributed by atoms with Crippen molar-refractivity contribution in [3.63, 3.8) is 0 Å². The third-order valence-electron chi connectivity index (χ3n) is 4.64. The predicted octanol–water partition coefficient (Wildman–Crippen LogP) is -0.579. The lowest BCUT2D eigenvalue weighted by Gasteiger charge is -2.30. The van der Waals surface area contributed by atoms with Crippen molar-refractivity contribution in [2.24, 2.45) is 5.92 Å². The second-order valence-electron chi connectivity index (χ2n) is 6.59. The molecule has 130 valence electrons. The van der Waals surface area contributed by atoms with Crippen LogP contribution in [0.25, 0.3) is 0 Å². The van der Waals surface area contributed by atoms with Gasteiger partial charge in [0.05, 0.1) is 32.4 Å². The molecule has 1 saturated carbocycles. The summed E-state index contributed by atoms with van der Waals surface area (Å²) >= 11 is 0. The van der Waals surface area contributed by atoms with Crippen LogP contribution in [0.1, 0.15) is 19.8 Å². The normalized spacial score (nSPS) is 21.7. The molecule has 1 amide bonds. The number of nitrogens with one attached hydrogen (secondary N) is 1. The Morgan fingerprint density at radius 1 is 1.43 bits per heavy atom. The average molecular weight is 324 g/mol. The van der Waals surface area contributed by atoms with Crippen LogP contribution in [0.3, 0.4) is 0 Å². The van der Waals surface area contributed by atoms with Crippen LogP contribution in [0.2, 0.25) is 0 Å². The van der Waals surface area contributed by atoms with Gasteiger partial charge in [0.2, 0.25) is 5.91 Å². The summed E-state index contributed by atoms with van der Waals surface area (Å²) in [5.74, 6) is 0.132. The maximum Gasteiger partial charge on any atom is 0.235 e. The second kappa shape index (κ2) is 8.60. The van der Waals surface area contributed by atoms with E-state index in [0.29, 0.717) is 6.54 Å². The molecule has 23 heavy (non-hydrogen) atoms. The Bertz CT molecular complexity index is 430. The first-order valence-electron chi connectivity index (χ1n) is 8.43. The van der Waals surface area contributed by atoms with E-state index in [1.165, 1.54) is 0 Å². The summed E-state index contributed by atoms with van der Waals surface area (Å²) in [4.78, 5) is 16.5. The average Bonchev–Trinajstić information content (AvgIpc) is 3.39. The van der Waals surface area contributed by atoms with Crippen LogP contribution in [-0.2, 0) is 9.53 Å². The van der Waals surface area contributed by atoms with Crippen LogP contribution in [0.15, 0.2) is 0 Å². The molecule has 1 aliphatic heterocycles. The largest absolute Gasteiger partial charge is 0.395 e. The van der Waals surface area contributed by atoms with Crippen molar-refractivity contribution in [2.75, 3.05) is 59.1 Å². The van der Waals surface area contributed by atoms with E-state index >= 15 is 0 Å². The molecule has 2 fully saturated rings. The topological polar surface area (TPSA) is 88.8 Å². The number of morpholine rings is 1. The molecular formula is C16H28N4O3. The molecule has 2 N–H and O–H groups in total. The van der Waals surface area contributed by atoms with Crippen molar-refractivity contribution >= 4 is 5.91 Å². The molecule has 2 rings (SSSR count). The molecule has 0 aromatic rings. The fourth-order valence-electron chi connectivity index (χ4n) is 2.93. The number of aliphatic hydroxyl groups is 1. The van der Waals surface area contributed by atoms with Crippen molar-refractivity contribution < 1.29 is 14.6 Å². The maximum absolute atomic E-state index is 12.3. The highest BCUT2D eigenvalue weighted by Crippen LogP contribution is 2.39. The first kappa shape index (κ1) is 18.1. The van der Waals surface area contributed by atoms with Crippen LogP contribution in [0.5, 0.6) is 0 Å². The van der Waals surface area contributed by atoms with Gasteiger partial charge in [-0.3, -0.25) is 14.6 Å². The van der Waals surface area contributed by atoms with Gasteiger partial charge >= 0.3 is 0 Å². The molecule has 0 spiro atoms. The maximum atomic E-state index is 12.3. The fraction of sp³-hybridized carbons (Fsp3) is 0.875. The second-order valence-corrected chi connectivity index (χ2v) is 6.59. The lowest BCUT2D eigenvalue weighted by atomic mass is 9.98. The standard InChI is InChI=1S/C16H28N4O3/c1-16(13-17,14-2-3-14)18-15(22)12-20(6-9-21)5-4-19-7-10-23-11-8-19/h14,21H,2-12H2,1H3,(H,18,22)/t16-/m1/s1. The molecule has 1 heterocycles. The first-order chi connectivity index (χ1) is 11.1.